The normalized spacial score (nSPS) is 15.1. The molecule has 13 heteroatoms. The van der Waals surface area contributed by atoms with Gasteiger partial charge in [0.1, 0.15) is 12.1 Å². The van der Waals surface area contributed by atoms with Gasteiger partial charge in [0, 0.05) is 30.1 Å². The summed E-state index contributed by atoms with van der Waals surface area (Å²) in [5.41, 5.74) is 4.12. The van der Waals surface area contributed by atoms with Crippen LogP contribution in [-0.2, 0) is 0 Å². The number of nitrogens with zero attached hydrogens (tertiary/aromatic N) is 6. The number of aliphatic imine (C=N–C) groups is 1. The molecule has 0 bridgehead atoms. The van der Waals surface area contributed by atoms with Crippen LogP contribution in [0, 0.1) is 11.3 Å². The van der Waals surface area contributed by atoms with Crippen molar-refractivity contribution in [3.05, 3.63) is 90.3 Å². The minimum Gasteiger partial charge on any atom is -0.406 e. The number of benzene rings is 3. The number of alkyl halides is 3. The summed E-state index contributed by atoms with van der Waals surface area (Å²) in [5, 5.41) is 17.7. The van der Waals surface area contributed by atoms with Crippen LogP contribution in [0.3, 0.4) is 0 Å². The number of hydrogen-bond acceptors (Lipinski definition) is 6. The molecule has 232 valence electrons. The molecule has 1 aromatic heterocycles. The van der Waals surface area contributed by atoms with Crippen LogP contribution in [0.5, 0.6) is 5.75 Å². The lowest BCUT2D eigenvalue weighted by Crippen LogP contribution is -2.36. The number of nitrogens with one attached hydrogen (secondary N) is 1. The minimum atomic E-state index is -4.77. The SMILES string of the molecule is CC(C)c1ccccc1N1CCCS/C1=N\C(=O)NCC(C#N)c1ccc(-c2ncn(-c3ccc(OC(F)(F)F)cc3)n2)cc1. The molecule has 1 N–H and O–H groups in total. The van der Waals surface area contributed by atoms with Gasteiger partial charge in [0.2, 0.25) is 0 Å². The second-order valence-electron chi connectivity index (χ2n) is 10.5. The van der Waals surface area contributed by atoms with Crippen molar-refractivity contribution >= 4 is 28.6 Å². The number of nitriles is 1. The molecule has 1 saturated heterocycles. The number of anilines is 1. The first kappa shape index (κ1) is 31.6. The Hall–Kier alpha value is -4.83. The van der Waals surface area contributed by atoms with Gasteiger partial charge in [-0.15, -0.1) is 18.3 Å². The smallest absolute Gasteiger partial charge is 0.406 e. The predicted octanol–water partition coefficient (Wildman–Crippen LogP) is 7.27. The van der Waals surface area contributed by atoms with Crippen molar-refractivity contribution in [2.75, 3.05) is 23.7 Å². The lowest BCUT2D eigenvalue weighted by Gasteiger charge is -2.31. The van der Waals surface area contributed by atoms with Gasteiger partial charge >= 0.3 is 12.4 Å². The van der Waals surface area contributed by atoms with Gasteiger partial charge in [-0.3, -0.25) is 0 Å². The number of carbonyl (C=O) groups is 1. The summed E-state index contributed by atoms with van der Waals surface area (Å²) < 4.78 is 42.6. The fraction of sp³-hybridized carbons (Fsp3) is 0.281. The van der Waals surface area contributed by atoms with E-state index in [0.29, 0.717) is 33.7 Å². The molecule has 4 aromatic rings. The van der Waals surface area contributed by atoms with E-state index in [9.17, 15) is 23.2 Å². The van der Waals surface area contributed by atoms with Crippen molar-refractivity contribution in [2.45, 2.75) is 38.5 Å². The average Bonchev–Trinajstić information content (AvgIpc) is 3.52. The van der Waals surface area contributed by atoms with Crippen molar-refractivity contribution in [3.8, 4) is 28.9 Å². The number of carbonyl (C=O) groups excluding carboxylic acids is 1. The summed E-state index contributed by atoms with van der Waals surface area (Å²) in [5.74, 6) is 0.641. The van der Waals surface area contributed by atoms with Crippen molar-refractivity contribution in [1.29, 1.82) is 5.26 Å². The summed E-state index contributed by atoms with van der Waals surface area (Å²) in [6, 6.07) is 22.2. The Balaban J connectivity index is 1.22. The number of halogens is 3. The number of rotatable bonds is 8. The summed E-state index contributed by atoms with van der Waals surface area (Å²) in [4.78, 5) is 23.6. The van der Waals surface area contributed by atoms with E-state index in [1.165, 1.54) is 40.8 Å². The molecule has 0 spiro atoms. The van der Waals surface area contributed by atoms with Gasteiger partial charge in [-0.05, 0) is 53.8 Å². The van der Waals surface area contributed by atoms with Gasteiger partial charge in [-0.2, -0.15) is 10.3 Å². The average molecular weight is 634 g/mol. The topological polar surface area (TPSA) is 108 Å². The number of hydrogen-bond donors (Lipinski definition) is 1. The number of para-hydroxylation sites is 1. The monoisotopic (exact) mass is 633 g/mol. The highest BCUT2D eigenvalue weighted by molar-refractivity contribution is 8.14. The Morgan fingerprint density at radius 3 is 2.53 bits per heavy atom. The van der Waals surface area contributed by atoms with Gasteiger partial charge in [-0.25, -0.2) is 14.5 Å². The number of ether oxygens (including phenoxy) is 1. The van der Waals surface area contributed by atoms with Gasteiger partial charge in [0.25, 0.3) is 0 Å². The molecule has 0 aliphatic carbocycles. The highest BCUT2D eigenvalue weighted by Crippen LogP contribution is 2.32. The minimum absolute atomic E-state index is 0.0830. The van der Waals surface area contributed by atoms with Crippen LogP contribution in [0.1, 0.15) is 43.2 Å². The molecule has 9 nitrogen and oxygen atoms in total. The standard InChI is InChI=1S/C32H30F3N7O2S/c1-21(2)27-6-3-4-7-28(27)41-16-5-17-45-31(41)39-30(43)37-19-24(18-36)22-8-10-23(11-9-22)29-38-20-42(40-29)25-12-14-26(15-13-25)44-32(33,34)35/h3-4,6-15,20-21,24H,5,16-17,19H2,1-2H3,(H,37,43)/b39-31-. The molecule has 0 saturated carbocycles. The predicted molar refractivity (Wildman–Crippen MR) is 168 cm³/mol. The summed E-state index contributed by atoms with van der Waals surface area (Å²) in [7, 11) is 0. The van der Waals surface area contributed by atoms with Gasteiger partial charge < -0.3 is 15.0 Å². The number of thioether (sulfide) groups is 1. The zero-order valence-electron chi connectivity index (χ0n) is 24.5. The first-order valence-electron chi connectivity index (χ1n) is 14.2. The molecular weight excluding hydrogens is 603 g/mol. The second-order valence-corrected chi connectivity index (χ2v) is 11.6. The number of urea groups is 1. The van der Waals surface area contributed by atoms with Crippen LogP contribution in [0.25, 0.3) is 17.1 Å². The molecule has 3 aromatic carbocycles. The van der Waals surface area contributed by atoms with Crippen LogP contribution < -0.4 is 15.0 Å². The molecule has 1 atom stereocenters. The molecule has 1 aliphatic heterocycles. The van der Waals surface area contributed by atoms with E-state index in [4.69, 9.17) is 0 Å². The quantitative estimate of drug-likeness (QED) is 0.217. The third kappa shape index (κ3) is 8.02. The number of amidine groups is 1. The molecule has 5 rings (SSSR count). The van der Waals surface area contributed by atoms with Crippen LogP contribution in [0.4, 0.5) is 23.7 Å². The first-order valence-corrected chi connectivity index (χ1v) is 15.2. The summed E-state index contributed by atoms with van der Waals surface area (Å²) >= 11 is 1.54. The fourth-order valence-corrected chi connectivity index (χ4v) is 5.78. The van der Waals surface area contributed by atoms with E-state index >= 15 is 0 Å². The lowest BCUT2D eigenvalue weighted by atomic mass is 9.99. The Bertz CT molecular complexity index is 1700. The molecule has 0 radical (unpaired) electrons. The van der Waals surface area contributed by atoms with Gasteiger partial charge in [0.05, 0.1) is 17.7 Å². The molecule has 2 amide bonds. The first-order chi connectivity index (χ1) is 21.6. The summed E-state index contributed by atoms with van der Waals surface area (Å²) in [6.07, 6.45) is -2.34. The maximum absolute atomic E-state index is 12.9. The Morgan fingerprint density at radius 2 is 1.84 bits per heavy atom. The molecule has 45 heavy (non-hydrogen) atoms. The third-order valence-corrected chi connectivity index (χ3v) is 8.11. The highest BCUT2D eigenvalue weighted by atomic mass is 32.2. The molecule has 1 unspecified atom stereocenters. The van der Waals surface area contributed by atoms with Crippen LogP contribution in [-0.4, -0.2) is 51.2 Å². The van der Waals surface area contributed by atoms with E-state index in [1.807, 2.05) is 12.1 Å². The maximum atomic E-state index is 12.9. The Labute approximate surface area is 262 Å². The second kappa shape index (κ2) is 13.9. The largest absolute Gasteiger partial charge is 0.573 e. The van der Waals surface area contributed by atoms with Crippen LogP contribution in [0.2, 0.25) is 0 Å². The van der Waals surface area contributed by atoms with Crippen molar-refractivity contribution in [2.24, 2.45) is 4.99 Å². The zero-order chi connectivity index (χ0) is 32.0. The van der Waals surface area contributed by atoms with Gasteiger partial charge in [0.15, 0.2) is 11.0 Å². The third-order valence-electron chi connectivity index (χ3n) is 7.05. The molecule has 1 aliphatic rings. The van der Waals surface area contributed by atoms with Crippen molar-refractivity contribution in [3.63, 3.8) is 0 Å². The van der Waals surface area contributed by atoms with Crippen LogP contribution >= 0.6 is 11.8 Å². The van der Waals surface area contributed by atoms with Crippen molar-refractivity contribution < 1.29 is 22.7 Å². The summed E-state index contributed by atoms with van der Waals surface area (Å²) in [6.45, 7) is 5.13. The maximum Gasteiger partial charge on any atom is 0.573 e. The molecule has 1 fully saturated rings. The van der Waals surface area contributed by atoms with E-state index in [1.54, 1.807) is 36.0 Å². The van der Waals surface area contributed by atoms with E-state index in [-0.39, 0.29) is 12.3 Å². The van der Waals surface area contributed by atoms with E-state index < -0.39 is 18.3 Å². The molecular formula is C32H30F3N7O2S. The van der Waals surface area contributed by atoms with E-state index in [2.05, 4.69) is 62.1 Å². The lowest BCUT2D eigenvalue weighted by molar-refractivity contribution is -0.274. The Kier molecular flexibility index (Phi) is 9.73. The van der Waals surface area contributed by atoms with E-state index in [0.717, 1.165) is 24.4 Å². The van der Waals surface area contributed by atoms with Gasteiger partial charge in [-0.1, -0.05) is 68.1 Å². The Morgan fingerprint density at radius 1 is 1.11 bits per heavy atom. The fourth-order valence-electron chi connectivity index (χ4n) is 4.84. The number of aromatic nitrogens is 3. The highest BCUT2D eigenvalue weighted by Gasteiger charge is 2.31. The molecule has 2 heterocycles. The zero-order valence-corrected chi connectivity index (χ0v) is 25.3. The number of amides is 2. The van der Waals surface area contributed by atoms with Crippen molar-refractivity contribution in [1.82, 2.24) is 20.1 Å². The van der Waals surface area contributed by atoms with Crippen LogP contribution in [0.15, 0.2) is 84.1 Å².